The van der Waals surface area contributed by atoms with Crippen molar-refractivity contribution in [3.63, 3.8) is 0 Å². The Kier molecular flexibility index (Phi) is 3.66. The molecule has 19 heavy (non-hydrogen) atoms. The van der Waals surface area contributed by atoms with Crippen molar-refractivity contribution in [2.75, 3.05) is 6.61 Å². The fraction of sp³-hybridized carbons (Fsp3) is 0.538. The van der Waals surface area contributed by atoms with Gasteiger partial charge in [0.25, 0.3) is 0 Å². The maximum absolute atomic E-state index is 8.64. The maximum atomic E-state index is 8.64. The van der Waals surface area contributed by atoms with Gasteiger partial charge in [-0.3, -0.25) is 0 Å². The Balaban J connectivity index is 1.66. The number of hydrogen-bond donors (Lipinski definition) is 0. The summed E-state index contributed by atoms with van der Waals surface area (Å²) in [4.78, 5) is 2.87. The third-order valence-electron chi connectivity index (χ3n) is 3.42. The van der Waals surface area contributed by atoms with Crippen LogP contribution in [0.15, 0.2) is 35.4 Å². The lowest BCUT2D eigenvalue weighted by molar-refractivity contribution is -0.147. The van der Waals surface area contributed by atoms with E-state index in [1.54, 1.807) is 0 Å². The number of hydrogen-bond acceptors (Lipinski definition) is 4. The molecule has 6 heteroatoms. The Morgan fingerprint density at radius 3 is 3.00 bits per heavy atom. The van der Waals surface area contributed by atoms with E-state index in [0.29, 0.717) is 19.6 Å². The standard InChI is InChI=1S/C13H15N3O3/c14-16-15-12-11(6-10-8-18-13(12)19-10)17-7-9-4-2-1-3-5-9/h1-5,10-13H,6-8H2/t10?,11-,12?,13-/m1/s1. The molecule has 0 aromatic heterocycles. The van der Waals surface area contributed by atoms with E-state index >= 15 is 0 Å². The smallest absolute Gasteiger partial charge is 0.169 e. The topological polar surface area (TPSA) is 76.5 Å². The van der Waals surface area contributed by atoms with Crippen LogP contribution < -0.4 is 0 Å². The minimum atomic E-state index is -0.463. The summed E-state index contributed by atoms with van der Waals surface area (Å²) >= 11 is 0. The summed E-state index contributed by atoms with van der Waals surface area (Å²) in [5.74, 6) is 0. The number of rotatable bonds is 4. The van der Waals surface area contributed by atoms with Crippen LogP contribution in [0.1, 0.15) is 12.0 Å². The summed E-state index contributed by atoms with van der Waals surface area (Å²) in [6.45, 7) is 1.05. The highest BCUT2D eigenvalue weighted by molar-refractivity contribution is 5.13. The van der Waals surface area contributed by atoms with Gasteiger partial charge in [-0.1, -0.05) is 35.4 Å². The summed E-state index contributed by atoms with van der Waals surface area (Å²) in [5, 5.41) is 3.76. The predicted molar refractivity (Wildman–Crippen MR) is 67.2 cm³/mol. The second-order valence-corrected chi connectivity index (χ2v) is 4.73. The molecule has 2 unspecified atom stereocenters. The van der Waals surface area contributed by atoms with Gasteiger partial charge in [0.05, 0.1) is 25.4 Å². The molecule has 1 aromatic carbocycles. The molecule has 100 valence electrons. The minimum absolute atomic E-state index is 0.0518. The van der Waals surface area contributed by atoms with E-state index in [2.05, 4.69) is 10.0 Å². The van der Waals surface area contributed by atoms with Crippen molar-refractivity contribution in [2.24, 2.45) is 5.11 Å². The van der Waals surface area contributed by atoms with Crippen LogP contribution in [0.4, 0.5) is 0 Å². The first-order valence-corrected chi connectivity index (χ1v) is 6.33. The van der Waals surface area contributed by atoms with Crippen molar-refractivity contribution in [3.8, 4) is 0 Å². The zero-order valence-electron chi connectivity index (χ0n) is 10.4. The number of nitrogens with zero attached hydrogens (tertiary/aromatic N) is 3. The molecule has 0 N–H and O–H groups in total. The molecule has 0 amide bonds. The van der Waals surface area contributed by atoms with Gasteiger partial charge in [-0.15, -0.1) is 0 Å². The first-order valence-electron chi connectivity index (χ1n) is 6.33. The number of benzene rings is 1. The molecule has 0 radical (unpaired) electrons. The number of fused-ring (bicyclic) bond motifs is 2. The van der Waals surface area contributed by atoms with Gasteiger partial charge in [0, 0.05) is 11.3 Å². The second-order valence-electron chi connectivity index (χ2n) is 4.73. The van der Waals surface area contributed by atoms with Crippen LogP contribution in [-0.2, 0) is 20.8 Å². The Morgan fingerprint density at radius 2 is 2.21 bits per heavy atom. The zero-order valence-corrected chi connectivity index (χ0v) is 10.4. The molecule has 1 aromatic rings. The third kappa shape index (κ3) is 2.72. The fourth-order valence-corrected chi connectivity index (χ4v) is 2.48. The average molecular weight is 261 g/mol. The summed E-state index contributed by atoms with van der Waals surface area (Å²) in [6, 6.07) is 9.52. The van der Waals surface area contributed by atoms with Crippen molar-refractivity contribution in [3.05, 3.63) is 46.3 Å². The first kappa shape index (κ1) is 12.4. The van der Waals surface area contributed by atoms with E-state index in [0.717, 1.165) is 5.56 Å². The molecule has 2 saturated heterocycles. The van der Waals surface area contributed by atoms with E-state index in [1.807, 2.05) is 30.3 Å². The molecule has 6 nitrogen and oxygen atoms in total. The number of azide groups is 1. The van der Waals surface area contributed by atoms with Crippen LogP contribution in [0, 0.1) is 0 Å². The van der Waals surface area contributed by atoms with Crippen molar-refractivity contribution < 1.29 is 14.2 Å². The van der Waals surface area contributed by atoms with E-state index in [4.69, 9.17) is 19.7 Å². The quantitative estimate of drug-likeness (QED) is 0.474. The molecule has 0 spiro atoms. The van der Waals surface area contributed by atoms with Gasteiger partial charge in [-0.2, -0.15) is 0 Å². The lowest BCUT2D eigenvalue weighted by Gasteiger charge is -2.32. The summed E-state index contributed by atoms with van der Waals surface area (Å²) in [5.41, 5.74) is 9.74. The van der Waals surface area contributed by atoms with E-state index in [-0.39, 0.29) is 12.2 Å². The van der Waals surface area contributed by atoms with Gasteiger partial charge in [-0.25, -0.2) is 0 Å². The highest BCUT2D eigenvalue weighted by Gasteiger charge is 2.44. The molecule has 2 fully saturated rings. The summed E-state index contributed by atoms with van der Waals surface area (Å²) in [6.07, 6.45) is 0.140. The average Bonchev–Trinajstić information content (AvgIpc) is 2.84. The minimum Gasteiger partial charge on any atom is -0.373 e. The van der Waals surface area contributed by atoms with E-state index < -0.39 is 12.3 Å². The lowest BCUT2D eigenvalue weighted by Crippen LogP contribution is -2.44. The molecular formula is C13H15N3O3. The predicted octanol–water partition coefficient (Wildman–Crippen LogP) is 2.40. The molecular weight excluding hydrogens is 246 g/mol. The Bertz CT molecular complexity index is 475. The van der Waals surface area contributed by atoms with E-state index in [9.17, 15) is 0 Å². The van der Waals surface area contributed by atoms with Crippen LogP contribution in [-0.4, -0.2) is 31.1 Å². The van der Waals surface area contributed by atoms with Crippen molar-refractivity contribution in [1.29, 1.82) is 0 Å². The molecule has 4 atom stereocenters. The van der Waals surface area contributed by atoms with Gasteiger partial charge in [0.2, 0.25) is 0 Å². The summed E-state index contributed by atoms with van der Waals surface area (Å²) < 4.78 is 16.9. The largest absolute Gasteiger partial charge is 0.373 e. The van der Waals surface area contributed by atoms with Crippen molar-refractivity contribution >= 4 is 0 Å². The summed E-state index contributed by atoms with van der Waals surface area (Å²) in [7, 11) is 0. The van der Waals surface area contributed by atoms with Gasteiger partial charge in [0.1, 0.15) is 6.04 Å². The van der Waals surface area contributed by atoms with Crippen LogP contribution in [0.25, 0.3) is 10.4 Å². The maximum Gasteiger partial charge on any atom is 0.169 e. The molecule has 0 saturated carbocycles. The van der Waals surface area contributed by atoms with Crippen LogP contribution in [0.2, 0.25) is 0 Å². The fourth-order valence-electron chi connectivity index (χ4n) is 2.48. The SMILES string of the molecule is [N-]=[N+]=NC1[C@@H]2OCC(C[C@H]1OCc1ccccc1)O2. The molecule has 2 bridgehead atoms. The van der Waals surface area contributed by atoms with E-state index in [1.165, 1.54) is 0 Å². The van der Waals surface area contributed by atoms with Crippen LogP contribution >= 0.6 is 0 Å². The lowest BCUT2D eigenvalue weighted by atomic mass is 10.0. The highest BCUT2D eigenvalue weighted by atomic mass is 16.7. The molecule has 2 aliphatic rings. The normalized spacial score (nSPS) is 32.8. The zero-order chi connectivity index (χ0) is 13.1. The van der Waals surface area contributed by atoms with Crippen molar-refractivity contribution in [1.82, 2.24) is 0 Å². The molecule has 3 rings (SSSR count). The molecule has 2 heterocycles. The number of ether oxygens (including phenoxy) is 3. The van der Waals surface area contributed by atoms with Crippen LogP contribution in [0.3, 0.4) is 0 Å². The monoisotopic (exact) mass is 261 g/mol. The van der Waals surface area contributed by atoms with Gasteiger partial charge in [-0.05, 0) is 11.1 Å². The molecule has 0 aliphatic carbocycles. The van der Waals surface area contributed by atoms with Gasteiger partial charge in [0.15, 0.2) is 6.29 Å². The Morgan fingerprint density at radius 1 is 1.37 bits per heavy atom. The van der Waals surface area contributed by atoms with Gasteiger partial charge >= 0.3 is 0 Å². The van der Waals surface area contributed by atoms with Crippen LogP contribution in [0.5, 0.6) is 0 Å². The molecule has 2 aliphatic heterocycles. The first-order chi connectivity index (χ1) is 9.36. The van der Waals surface area contributed by atoms with Gasteiger partial charge < -0.3 is 14.2 Å². The highest BCUT2D eigenvalue weighted by Crippen LogP contribution is 2.31. The Hall–Kier alpha value is -1.59. The Labute approximate surface area is 110 Å². The third-order valence-corrected chi connectivity index (χ3v) is 3.42. The van der Waals surface area contributed by atoms with Crippen molar-refractivity contribution in [2.45, 2.75) is 37.6 Å². The second kappa shape index (κ2) is 5.59.